The van der Waals surface area contributed by atoms with Crippen LogP contribution in [0, 0.1) is 0 Å². The first kappa shape index (κ1) is 15.4. The van der Waals surface area contributed by atoms with Crippen molar-refractivity contribution in [3.63, 3.8) is 0 Å². The summed E-state index contributed by atoms with van der Waals surface area (Å²) in [5, 5.41) is 4.80. The summed E-state index contributed by atoms with van der Waals surface area (Å²) in [6.45, 7) is 1.66. The lowest BCUT2D eigenvalue weighted by Gasteiger charge is -2.23. The number of pyridine rings is 1. The molecule has 1 aliphatic rings. The highest BCUT2D eigenvalue weighted by molar-refractivity contribution is 6.30. The van der Waals surface area contributed by atoms with Crippen molar-refractivity contribution < 1.29 is 0 Å². The standard InChI is InChI=1S/C17H18ClN5O/c1-21-9-12(8-19-21)15-3-2-6-22(15)11-14-7-17(24)23-10-13(18)4-5-16(23)20-14/h4-5,7-10,15H,2-3,6,11H2,1H3/t15-/m1/s1. The lowest BCUT2D eigenvalue weighted by atomic mass is 10.1. The van der Waals surface area contributed by atoms with Crippen molar-refractivity contribution in [2.24, 2.45) is 7.05 Å². The Bertz CT molecular complexity index is 948. The summed E-state index contributed by atoms with van der Waals surface area (Å²) in [5.41, 5.74) is 2.53. The summed E-state index contributed by atoms with van der Waals surface area (Å²) in [6.07, 6.45) is 7.83. The highest BCUT2D eigenvalue weighted by atomic mass is 35.5. The van der Waals surface area contributed by atoms with Crippen LogP contribution in [0.25, 0.3) is 5.65 Å². The summed E-state index contributed by atoms with van der Waals surface area (Å²) in [4.78, 5) is 19.3. The van der Waals surface area contributed by atoms with Gasteiger partial charge in [0, 0.05) is 43.7 Å². The van der Waals surface area contributed by atoms with Crippen molar-refractivity contribution in [1.82, 2.24) is 24.1 Å². The van der Waals surface area contributed by atoms with Crippen molar-refractivity contribution in [1.29, 1.82) is 0 Å². The van der Waals surface area contributed by atoms with Gasteiger partial charge in [-0.05, 0) is 31.5 Å². The molecule has 3 aromatic rings. The van der Waals surface area contributed by atoms with Crippen molar-refractivity contribution >= 4 is 17.2 Å². The smallest absolute Gasteiger partial charge is 0.258 e. The van der Waals surface area contributed by atoms with Crippen LogP contribution in [0.15, 0.2) is 41.6 Å². The molecule has 0 bridgehead atoms. The molecule has 0 unspecified atom stereocenters. The maximum atomic E-state index is 12.3. The Kier molecular flexibility index (Phi) is 3.86. The SMILES string of the molecule is Cn1cc([C@H]2CCCN2Cc2cc(=O)n3cc(Cl)ccc3n2)cn1. The molecule has 0 N–H and O–H groups in total. The molecule has 4 rings (SSSR count). The predicted molar refractivity (Wildman–Crippen MR) is 92.1 cm³/mol. The van der Waals surface area contributed by atoms with Gasteiger partial charge in [-0.15, -0.1) is 0 Å². The Morgan fingerprint density at radius 3 is 3.00 bits per heavy atom. The van der Waals surface area contributed by atoms with Crippen LogP contribution in [0.4, 0.5) is 0 Å². The van der Waals surface area contributed by atoms with E-state index in [1.165, 1.54) is 9.96 Å². The molecule has 1 fully saturated rings. The fraction of sp³-hybridized carbons (Fsp3) is 0.353. The minimum absolute atomic E-state index is 0.102. The molecule has 0 radical (unpaired) electrons. The Hall–Kier alpha value is -2.18. The number of nitrogens with zero attached hydrogens (tertiary/aromatic N) is 5. The minimum atomic E-state index is -0.102. The van der Waals surface area contributed by atoms with E-state index in [0.29, 0.717) is 23.3 Å². The molecule has 6 nitrogen and oxygen atoms in total. The Balaban J connectivity index is 1.64. The zero-order valence-corrected chi connectivity index (χ0v) is 14.1. The quantitative estimate of drug-likeness (QED) is 0.733. The van der Waals surface area contributed by atoms with Crippen LogP contribution in [0.2, 0.25) is 5.02 Å². The van der Waals surface area contributed by atoms with Crippen LogP contribution in [-0.4, -0.2) is 30.6 Å². The van der Waals surface area contributed by atoms with Crippen molar-refractivity contribution in [3.05, 3.63) is 63.4 Å². The predicted octanol–water partition coefficient (Wildman–Crippen LogP) is 2.42. The summed E-state index contributed by atoms with van der Waals surface area (Å²) in [7, 11) is 1.93. The molecule has 3 aromatic heterocycles. The normalized spacial score (nSPS) is 18.5. The van der Waals surface area contributed by atoms with E-state index in [4.69, 9.17) is 11.6 Å². The summed E-state index contributed by atoms with van der Waals surface area (Å²) >= 11 is 5.95. The van der Waals surface area contributed by atoms with E-state index in [9.17, 15) is 4.79 Å². The second-order valence-corrected chi connectivity index (χ2v) is 6.67. The van der Waals surface area contributed by atoms with E-state index in [1.807, 2.05) is 17.9 Å². The maximum Gasteiger partial charge on any atom is 0.258 e. The average Bonchev–Trinajstić information content (AvgIpc) is 3.17. The van der Waals surface area contributed by atoms with Gasteiger partial charge in [0.1, 0.15) is 5.65 Å². The molecule has 1 aliphatic heterocycles. The molecule has 0 amide bonds. The topological polar surface area (TPSA) is 55.4 Å². The van der Waals surface area contributed by atoms with E-state index in [0.717, 1.165) is 25.1 Å². The molecular formula is C17H18ClN5O. The third kappa shape index (κ3) is 2.83. The summed E-state index contributed by atoms with van der Waals surface area (Å²) in [5.74, 6) is 0. The fourth-order valence-electron chi connectivity index (χ4n) is 3.42. The van der Waals surface area contributed by atoms with Gasteiger partial charge >= 0.3 is 0 Å². The molecule has 24 heavy (non-hydrogen) atoms. The molecule has 0 aliphatic carbocycles. The number of aromatic nitrogens is 4. The number of rotatable bonds is 3. The second kappa shape index (κ2) is 6.03. The molecule has 1 saturated heterocycles. The first-order valence-corrected chi connectivity index (χ1v) is 8.38. The zero-order valence-electron chi connectivity index (χ0n) is 13.4. The number of halogens is 1. The highest BCUT2D eigenvalue weighted by Gasteiger charge is 2.27. The van der Waals surface area contributed by atoms with Crippen LogP contribution < -0.4 is 5.56 Å². The average molecular weight is 344 g/mol. The molecule has 0 saturated carbocycles. The van der Waals surface area contributed by atoms with Gasteiger partial charge in [0.05, 0.1) is 16.9 Å². The van der Waals surface area contributed by atoms with Gasteiger partial charge < -0.3 is 0 Å². The van der Waals surface area contributed by atoms with E-state index in [-0.39, 0.29) is 5.56 Å². The Labute approximate surface area is 144 Å². The van der Waals surface area contributed by atoms with E-state index in [2.05, 4.69) is 21.2 Å². The molecule has 7 heteroatoms. The van der Waals surface area contributed by atoms with Gasteiger partial charge in [0.2, 0.25) is 0 Å². The first-order valence-electron chi connectivity index (χ1n) is 8.00. The molecule has 1 atom stereocenters. The van der Waals surface area contributed by atoms with Gasteiger partial charge in [-0.3, -0.25) is 18.8 Å². The second-order valence-electron chi connectivity index (χ2n) is 6.24. The van der Waals surface area contributed by atoms with Gasteiger partial charge in [-0.1, -0.05) is 11.6 Å². The molecule has 4 heterocycles. The van der Waals surface area contributed by atoms with E-state index in [1.54, 1.807) is 24.4 Å². The molecule has 124 valence electrons. The number of fused-ring (bicyclic) bond motifs is 1. The largest absolute Gasteiger partial charge is 0.290 e. The number of hydrogen-bond acceptors (Lipinski definition) is 4. The Morgan fingerprint density at radius 1 is 1.33 bits per heavy atom. The zero-order chi connectivity index (χ0) is 16.7. The van der Waals surface area contributed by atoms with Gasteiger partial charge in [-0.2, -0.15) is 5.10 Å². The van der Waals surface area contributed by atoms with Crippen molar-refractivity contribution in [2.75, 3.05) is 6.54 Å². The summed E-state index contributed by atoms with van der Waals surface area (Å²) in [6, 6.07) is 5.46. The van der Waals surface area contributed by atoms with Gasteiger partial charge in [0.25, 0.3) is 5.56 Å². The van der Waals surface area contributed by atoms with Gasteiger partial charge in [0.15, 0.2) is 0 Å². The Morgan fingerprint density at radius 2 is 2.21 bits per heavy atom. The lowest BCUT2D eigenvalue weighted by Crippen LogP contribution is -2.25. The third-order valence-electron chi connectivity index (χ3n) is 4.51. The van der Waals surface area contributed by atoms with E-state index < -0.39 is 0 Å². The van der Waals surface area contributed by atoms with Crippen molar-refractivity contribution in [2.45, 2.75) is 25.4 Å². The first-order chi connectivity index (χ1) is 11.6. The molecule has 0 aromatic carbocycles. The van der Waals surface area contributed by atoms with Crippen LogP contribution >= 0.6 is 11.6 Å². The van der Waals surface area contributed by atoms with Gasteiger partial charge in [-0.25, -0.2) is 4.98 Å². The fourth-order valence-corrected chi connectivity index (χ4v) is 3.58. The van der Waals surface area contributed by atoms with Crippen LogP contribution in [0.5, 0.6) is 0 Å². The third-order valence-corrected chi connectivity index (χ3v) is 4.74. The highest BCUT2D eigenvalue weighted by Crippen LogP contribution is 2.32. The minimum Gasteiger partial charge on any atom is -0.290 e. The maximum absolute atomic E-state index is 12.3. The van der Waals surface area contributed by atoms with Crippen LogP contribution in [0.1, 0.15) is 30.1 Å². The molecule has 0 spiro atoms. The molecular weight excluding hydrogens is 326 g/mol. The number of likely N-dealkylation sites (tertiary alicyclic amines) is 1. The van der Waals surface area contributed by atoms with Crippen molar-refractivity contribution in [3.8, 4) is 0 Å². The van der Waals surface area contributed by atoms with Crippen LogP contribution in [0.3, 0.4) is 0 Å². The summed E-state index contributed by atoms with van der Waals surface area (Å²) < 4.78 is 3.31. The lowest BCUT2D eigenvalue weighted by molar-refractivity contribution is 0.245. The number of aryl methyl sites for hydroxylation is 1. The van der Waals surface area contributed by atoms with E-state index >= 15 is 0 Å². The monoisotopic (exact) mass is 343 g/mol. The number of hydrogen-bond donors (Lipinski definition) is 0. The van der Waals surface area contributed by atoms with Crippen LogP contribution in [-0.2, 0) is 13.6 Å².